The highest BCUT2D eigenvalue weighted by Gasteiger charge is 2.25. The molecule has 0 radical (unpaired) electrons. The van der Waals surface area contributed by atoms with Crippen LogP contribution < -0.4 is 5.32 Å². The van der Waals surface area contributed by atoms with E-state index >= 15 is 0 Å². The highest BCUT2D eigenvalue weighted by molar-refractivity contribution is 7.14. The van der Waals surface area contributed by atoms with Crippen molar-refractivity contribution in [1.29, 1.82) is 0 Å². The lowest BCUT2D eigenvalue weighted by molar-refractivity contribution is 0.0736. The van der Waals surface area contributed by atoms with Gasteiger partial charge in [0, 0.05) is 41.6 Å². The third-order valence-electron chi connectivity index (χ3n) is 5.63. The molecular weight excluding hydrogens is 406 g/mol. The molecule has 0 unspecified atom stereocenters. The van der Waals surface area contributed by atoms with Gasteiger partial charge in [0.15, 0.2) is 0 Å². The number of fused-ring (bicyclic) bond motifs is 1. The second-order valence-corrected chi connectivity index (χ2v) is 9.27. The van der Waals surface area contributed by atoms with E-state index in [0.29, 0.717) is 30.2 Å². The van der Waals surface area contributed by atoms with Crippen LogP contribution in [0.4, 0.5) is 0 Å². The molecule has 2 aromatic rings. The molecule has 2 amide bonds. The second-order valence-electron chi connectivity index (χ2n) is 7.70. The number of benzene rings is 1. The highest BCUT2D eigenvalue weighted by atomic mass is 35.5. The Morgan fingerprint density at radius 3 is 2.59 bits per heavy atom. The number of hydrogen-bond acceptors (Lipinski definition) is 4. The molecule has 0 aliphatic carbocycles. The third kappa shape index (κ3) is 5.00. The van der Waals surface area contributed by atoms with Gasteiger partial charge in [-0.15, -0.1) is 11.3 Å². The van der Waals surface area contributed by atoms with Gasteiger partial charge in [-0.2, -0.15) is 0 Å². The number of hydrogen-bond donors (Lipinski definition) is 1. The van der Waals surface area contributed by atoms with E-state index in [-0.39, 0.29) is 11.8 Å². The molecule has 1 aromatic carbocycles. The van der Waals surface area contributed by atoms with Crippen molar-refractivity contribution in [3.8, 4) is 0 Å². The number of likely N-dealkylation sites (tertiary alicyclic amines) is 1. The van der Waals surface area contributed by atoms with Crippen LogP contribution in [0.1, 0.15) is 49.7 Å². The van der Waals surface area contributed by atoms with E-state index in [4.69, 9.17) is 11.6 Å². The van der Waals surface area contributed by atoms with Gasteiger partial charge in [-0.05, 0) is 68.2 Å². The fraction of sp³-hybridized carbons (Fsp3) is 0.455. The number of nitrogens with one attached hydrogen (secondary N) is 1. The van der Waals surface area contributed by atoms with Crippen molar-refractivity contribution in [2.75, 3.05) is 32.7 Å². The topological polar surface area (TPSA) is 52.7 Å². The zero-order valence-electron chi connectivity index (χ0n) is 16.5. The first-order chi connectivity index (χ1) is 14.1. The standard InChI is InChI=1S/C22H26ClN3O2S/c23-18-6-4-16(5-7-18)22(28)26-12-8-19-17(15-26)14-20(29-19)21(27)24-9-13-25-10-2-1-3-11-25/h4-7,14H,1-3,8-13,15H2,(H,24,27). The maximum absolute atomic E-state index is 12.8. The minimum Gasteiger partial charge on any atom is -0.350 e. The summed E-state index contributed by atoms with van der Waals surface area (Å²) in [6, 6.07) is 8.95. The van der Waals surface area contributed by atoms with E-state index in [9.17, 15) is 9.59 Å². The summed E-state index contributed by atoms with van der Waals surface area (Å²) in [5.41, 5.74) is 1.73. The molecule has 1 saturated heterocycles. The van der Waals surface area contributed by atoms with Crippen molar-refractivity contribution in [3.63, 3.8) is 0 Å². The average molecular weight is 432 g/mol. The number of thiophene rings is 1. The van der Waals surface area contributed by atoms with Gasteiger partial charge in [0.1, 0.15) is 0 Å². The first kappa shape index (κ1) is 20.4. The molecule has 5 nitrogen and oxygen atoms in total. The Morgan fingerprint density at radius 2 is 1.83 bits per heavy atom. The summed E-state index contributed by atoms with van der Waals surface area (Å²) in [5, 5.41) is 3.68. The molecular formula is C22H26ClN3O2S. The van der Waals surface area contributed by atoms with Gasteiger partial charge in [0.05, 0.1) is 4.88 Å². The normalized spacial score (nSPS) is 17.1. The van der Waals surface area contributed by atoms with E-state index in [0.717, 1.165) is 36.5 Å². The average Bonchev–Trinajstić information content (AvgIpc) is 3.18. The number of rotatable bonds is 5. The van der Waals surface area contributed by atoms with Crippen LogP contribution in [-0.4, -0.2) is 54.3 Å². The summed E-state index contributed by atoms with van der Waals surface area (Å²) in [4.78, 5) is 31.5. The van der Waals surface area contributed by atoms with Crippen molar-refractivity contribution < 1.29 is 9.59 Å². The number of carbonyl (C=O) groups excluding carboxylic acids is 2. The van der Waals surface area contributed by atoms with Crippen LogP contribution in [0.2, 0.25) is 5.02 Å². The van der Waals surface area contributed by atoms with Gasteiger partial charge >= 0.3 is 0 Å². The smallest absolute Gasteiger partial charge is 0.261 e. The second kappa shape index (κ2) is 9.28. The van der Waals surface area contributed by atoms with Gasteiger partial charge < -0.3 is 15.1 Å². The van der Waals surface area contributed by atoms with E-state index in [2.05, 4.69) is 10.2 Å². The first-order valence-electron chi connectivity index (χ1n) is 10.3. The predicted molar refractivity (Wildman–Crippen MR) is 117 cm³/mol. The predicted octanol–water partition coefficient (Wildman–Crippen LogP) is 3.82. The lowest BCUT2D eigenvalue weighted by Crippen LogP contribution is -2.37. The summed E-state index contributed by atoms with van der Waals surface area (Å²) in [7, 11) is 0. The number of carbonyl (C=O) groups is 2. The van der Waals surface area contributed by atoms with Crippen LogP contribution in [0.25, 0.3) is 0 Å². The fourth-order valence-corrected chi connectivity index (χ4v) is 5.20. The van der Waals surface area contributed by atoms with Crippen LogP contribution in [0.5, 0.6) is 0 Å². The minimum absolute atomic E-state index is 0.00279. The summed E-state index contributed by atoms with van der Waals surface area (Å²) >= 11 is 7.48. The molecule has 0 saturated carbocycles. The Bertz CT molecular complexity index is 875. The zero-order valence-corrected chi connectivity index (χ0v) is 18.0. The molecule has 0 spiro atoms. The van der Waals surface area contributed by atoms with E-state index < -0.39 is 0 Å². The van der Waals surface area contributed by atoms with Crippen molar-refractivity contribution in [2.24, 2.45) is 0 Å². The molecule has 1 fully saturated rings. The van der Waals surface area contributed by atoms with Gasteiger partial charge in [0.25, 0.3) is 11.8 Å². The number of halogens is 1. The molecule has 1 N–H and O–H groups in total. The van der Waals surface area contributed by atoms with Gasteiger partial charge in [-0.25, -0.2) is 0 Å². The number of nitrogens with zero attached hydrogens (tertiary/aromatic N) is 2. The first-order valence-corrected chi connectivity index (χ1v) is 11.5. The van der Waals surface area contributed by atoms with E-state index in [1.165, 1.54) is 24.1 Å². The molecule has 2 aliphatic rings. The van der Waals surface area contributed by atoms with Crippen LogP contribution in [0.3, 0.4) is 0 Å². The van der Waals surface area contributed by atoms with Crippen molar-refractivity contribution in [3.05, 3.63) is 56.2 Å². The third-order valence-corrected chi connectivity index (χ3v) is 7.12. The summed E-state index contributed by atoms with van der Waals surface area (Å²) in [6.45, 7) is 5.10. The summed E-state index contributed by atoms with van der Waals surface area (Å²) < 4.78 is 0. The van der Waals surface area contributed by atoms with Gasteiger partial charge in [-0.1, -0.05) is 18.0 Å². The minimum atomic E-state index is -0.00279. The largest absolute Gasteiger partial charge is 0.350 e. The Morgan fingerprint density at radius 1 is 1.07 bits per heavy atom. The van der Waals surface area contributed by atoms with Gasteiger partial charge in [0.2, 0.25) is 0 Å². The molecule has 154 valence electrons. The Balaban J connectivity index is 1.33. The van der Waals surface area contributed by atoms with Crippen LogP contribution in [0, 0.1) is 0 Å². The highest BCUT2D eigenvalue weighted by Crippen LogP contribution is 2.29. The molecule has 29 heavy (non-hydrogen) atoms. The molecule has 1 aromatic heterocycles. The zero-order chi connectivity index (χ0) is 20.2. The molecule has 2 aliphatic heterocycles. The van der Waals surface area contributed by atoms with Crippen LogP contribution in [-0.2, 0) is 13.0 Å². The van der Waals surface area contributed by atoms with Crippen molar-refractivity contribution in [1.82, 2.24) is 15.1 Å². The molecule has 0 atom stereocenters. The molecule has 7 heteroatoms. The Labute approximate surface area is 180 Å². The van der Waals surface area contributed by atoms with Gasteiger partial charge in [-0.3, -0.25) is 9.59 Å². The van der Waals surface area contributed by atoms with Crippen molar-refractivity contribution in [2.45, 2.75) is 32.2 Å². The number of piperidine rings is 1. The SMILES string of the molecule is O=C(NCCN1CCCCC1)c1cc2c(s1)CCN(C(=O)c1ccc(Cl)cc1)C2. The summed E-state index contributed by atoms with van der Waals surface area (Å²) in [6.07, 6.45) is 4.63. The van der Waals surface area contributed by atoms with Crippen molar-refractivity contribution >= 4 is 34.8 Å². The lowest BCUT2D eigenvalue weighted by Gasteiger charge is -2.27. The fourth-order valence-electron chi connectivity index (χ4n) is 3.99. The quantitative estimate of drug-likeness (QED) is 0.783. The van der Waals surface area contributed by atoms with E-state index in [1.807, 2.05) is 11.0 Å². The molecule has 4 rings (SSSR count). The molecule has 3 heterocycles. The monoisotopic (exact) mass is 431 g/mol. The molecule has 0 bridgehead atoms. The number of amides is 2. The van der Waals surface area contributed by atoms with Crippen LogP contribution >= 0.6 is 22.9 Å². The lowest BCUT2D eigenvalue weighted by atomic mass is 10.1. The maximum Gasteiger partial charge on any atom is 0.261 e. The summed E-state index contributed by atoms with van der Waals surface area (Å²) in [5.74, 6) is 0.00281. The maximum atomic E-state index is 12.8. The Kier molecular flexibility index (Phi) is 6.53. The van der Waals surface area contributed by atoms with E-state index in [1.54, 1.807) is 35.6 Å². The Hall–Kier alpha value is -1.89. The van der Waals surface area contributed by atoms with Crippen LogP contribution in [0.15, 0.2) is 30.3 Å².